The zero-order valence-electron chi connectivity index (χ0n) is 10.1. The summed E-state index contributed by atoms with van der Waals surface area (Å²) in [5, 5.41) is 20.7. The Morgan fingerprint density at radius 3 is 2.74 bits per heavy atom. The van der Waals surface area contributed by atoms with Crippen molar-refractivity contribution in [2.24, 2.45) is 0 Å². The van der Waals surface area contributed by atoms with E-state index in [2.05, 4.69) is 11.4 Å². The lowest BCUT2D eigenvalue weighted by Crippen LogP contribution is -2.08. The van der Waals surface area contributed by atoms with E-state index in [-0.39, 0.29) is 0 Å². The molecule has 0 fully saturated rings. The number of nitrogens with zero attached hydrogens (tertiary/aromatic N) is 1. The Morgan fingerprint density at radius 2 is 2.05 bits per heavy atom. The third-order valence-electron chi connectivity index (χ3n) is 2.90. The molecule has 0 atom stereocenters. The Hall–Kier alpha value is -2.13. The standard InChI is InChI=1S/C13H12N2O3S/c14-7-9-8-3-1-2-4-10(8)19-13(9)15-11(16)5-6-12(17)18/h5-6H,1-4H2,(H,15,16)(H,17,18). The van der Waals surface area contributed by atoms with Gasteiger partial charge in [-0.3, -0.25) is 4.79 Å². The van der Waals surface area contributed by atoms with Crippen molar-refractivity contribution in [2.75, 3.05) is 5.32 Å². The van der Waals surface area contributed by atoms with Gasteiger partial charge in [-0.2, -0.15) is 5.26 Å². The average Bonchev–Trinajstić information content (AvgIpc) is 2.73. The van der Waals surface area contributed by atoms with Gasteiger partial charge in [0.2, 0.25) is 5.91 Å². The quantitative estimate of drug-likeness (QED) is 0.827. The topological polar surface area (TPSA) is 90.2 Å². The number of carboxylic acid groups (broad SMARTS) is 1. The first kappa shape index (κ1) is 13.3. The van der Waals surface area contributed by atoms with Crippen molar-refractivity contribution in [3.05, 3.63) is 28.2 Å². The normalized spacial score (nSPS) is 13.8. The number of amides is 1. The molecule has 0 aliphatic heterocycles. The monoisotopic (exact) mass is 276 g/mol. The molecular weight excluding hydrogens is 264 g/mol. The Balaban J connectivity index is 2.21. The molecule has 0 saturated carbocycles. The highest BCUT2D eigenvalue weighted by Crippen LogP contribution is 2.37. The number of hydrogen-bond acceptors (Lipinski definition) is 4. The van der Waals surface area contributed by atoms with Gasteiger partial charge in [0.1, 0.15) is 11.1 Å². The smallest absolute Gasteiger partial charge is 0.328 e. The van der Waals surface area contributed by atoms with Crippen LogP contribution in [-0.2, 0) is 22.4 Å². The molecule has 2 rings (SSSR count). The van der Waals surface area contributed by atoms with Crippen LogP contribution >= 0.6 is 11.3 Å². The molecule has 0 radical (unpaired) electrons. The van der Waals surface area contributed by atoms with E-state index in [1.54, 1.807) is 0 Å². The molecule has 5 nitrogen and oxygen atoms in total. The predicted molar refractivity (Wildman–Crippen MR) is 71.1 cm³/mol. The van der Waals surface area contributed by atoms with E-state index >= 15 is 0 Å². The van der Waals surface area contributed by atoms with Crippen molar-refractivity contribution in [3.8, 4) is 6.07 Å². The molecule has 1 aromatic heterocycles. The number of fused-ring (bicyclic) bond motifs is 1. The molecule has 0 bridgehead atoms. The molecule has 2 N–H and O–H groups in total. The maximum atomic E-state index is 11.5. The Morgan fingerprint density at radius 1 is 1.32 bits per heavy atom. The van der Waals surface area contributed by atoms with Crippen molar-refractivity contribution in [1.29, 1.82) is 5.26 Å². The van der Waals surface area contributed by atoms with Crippen molar-refractivity contribution in [2.45, 2.75) is 25.7 Å². The van der Waals surface area contributed by atoms with Gasteiger partial charge >= 0.3 is 5.97 Å². The van der Waals surface area contributed by atoms with Crippen LogP contribution in [0.1, 0.15) is 28.8 Å². The minimum Gasteiger partial charge on any atom is -0.478 e. The number of carboxylic acids is 1. The van der Waals surface area contributed by atoms with Gasteiger partial charge < -0.3 is 10.4 Å². The summed E-state index contributed by atoms with van der Waals surface area (Å²) >= 11 is 1.41. The third kappa shape index (κ3) is 3.01. The first-order valence-corrected chi connectivity index (χ1v) is 6.70. The molecule has 19 heavy (non-hydrogen) atoms. The van der Waals surface area contributed by atoms with Gasteiger partial charge in [-0.25, -0.2) is 4.79 Å². The summed E-state index contributed by atoms with van der Waals surface area (Å²) in [6, 6.07) is 2.13. The summed E-state index contributed by atoms with van der Waals surface area (Å²) in [4.78, 5) is 23.0. The zero-order chi connectivity index (χ0) is 13.8. The number of thiophene rings is 1. The van der Waals surface area contributed by atoms with Crippen LogP contribution in [0.4, 0.5) is 5.00 Å². The fraction of sp³-hybridized carbons (Fsp3) is 0.308. The lowest BCUT2D eigenvalue weighted by atomic mass is 9.96. The van der Waals surface area contributed by atoms with Gasteiger partial charge in [0.25, 0.3) is 0 Å². The number of hydrogen-bond donors (Lipinski definition) is 2. The third-order valence-corrected chi connectivity index (χ3v) is 4.10. The van der Waals surface area contributed by atoms with Crippen LogP contribution in [0.5, 0.6) is 0 Å². The van der Waals surface area contributed by atoms with Gasteiger partial charge in [-0.15, -0.1) is 11.3 Å². The van der Waals surface area contributed by atoms with Crippen LogP contribution in [0, 0.1) is 11.3 Å². The van der Waals surface area contributed by atoms with E-state index in [0.29, 0.717) is 10.6 Å². The van der Waals surface area contributed by atoms with Gasteiger partial charge in [0.05, 0.1) is 5.56 Å². The maximum Gasteiger partial charge on any atom is 0.328 e. The van der Waals surface area contributed by atoms with Crippen LogP contribution in [-0.4, -0.2) is 17.0 Å². The van der Waals surface area contributed by atoms with E-state index in [0.717, 1.165) is 48.3 Å². The number of nitriles is 1. The summed E-state index contributed by atoms with van der Waals surface area (Å²) in [5.74, 6) is -1.71. The number of nitrogens with one attached hydrogen (secondary N) is 1. The van der Waals surface area contributed by atoms with Crippen LogP contribution in [0.2, 0.25) is 0 Å². The molecule has 0 unspecified atom stereocenters. The number of aryl methyl sites for hydroxylation is 1. The Bertz CT molecular complexity index is 596. The molecule has 98 valence electrons. The van der Waals surface area contributed by atoms with Gasteiger partial charge in [-0.1, -0.05) is 0 Å². The van der Waals surface area contributed by atoms with E-state index in [9.17, 15) is 14.9 Å². The summed E-state index contributed by atoms with van der Waals surface area (Å²) < 4.78 is 0. The van der Waals surface area contributed by atoms with Crippen LogP contribution < -0.4 is 5.32 Å². The second kappa shape index (κ2) is 5.67. The fourth-order valence-corrected chi connectivity index (χ4v) is 3.32. The zero-order valence-corrected chi connectivity index (χ0v) is 10.9. The van der Waals surface area contributed by atoms with Crippen LogP contribution in [0.15, 0.2) is 12.2 Å². The van der Waals surface area contributed by atoms with Crippen molar-refractivity contribution in [3.63, 3.8) is 0 Å². The highest BCUT2D eigenvalue weighted by molar-refractivity contribution is 7.16. The minimum absolute atomic E-state index is 0.523. The van der Waals surface area contributed by atoms with Crippen molar-refractivity contribution in [1.82, 2.24) is 0 Å². The molecule has 1 aliphatic rings. The van der Waals surface area contributed by atoms with Gasteiger partial charge in [0.15, 0.2) is 0 Å². The van der Waals surface area contributed by atoms with E-state index in [1.165, 1.54) is 11.3 Å². The van der Waals surface area contributed by atoms with E-state index in [1.807, 2.05) is 0 Å². The van der Waals surface area contributed by atoms with Crippen molar-refractivity contribution >= 4 is 28.2 Å². The largest absolute Gasteiger partial charge is 0.478 e. The highest BCUT2D eigenvalue weighted by atomic mass is 32.1. The average molecular weight is 276 g/mol. The first-order chi connectivity index (χ1) is 9.11. The number of rotatable bonds is 3. The van der Waals surface area contributed by atoms with Gasteiger partial charge in [0, 0.05) is 17.0 Å². The lowest BCUT2D eigenvalue weighted by molar-refractivity contribution is -0.131. The summed E-state index contributed by atoms with van der Waals surface area (Å²) in [7, 11) is 0. The number of aliphatic carboxylic acids is 1. The van der Waals surface area contributed by atoms with Crippen LogP contribution in [0.25, 0.3) is 0 Å². The second-order valence-corrected chi connectivity index (χ2v) is 5.29. The summed E-state index contributed by atoms with van der Waals surface area (Å²) in [5.41, 5.74) is 1.56. The summed E-state index contributed by atoms with van der Waals surface area (Å²) in [6.45, 7) is 0. The number of anilines is 1. The van der Waals surface area contributed by atoms with Crippen molar-refractivity contribution < 1.29 is 14.7 Å². The lowest BCUT2D eigenvalue weighted by Gasteiger charge is -2.09. The SMILES string of the molecule is N#Cc1c(NC(=O)C=CC(=O)O)sc2c1CCCC2. The van der Waals surface area contributed by atoms with E-state index in [4.69, 9.17) is 5.11 Å². The molecular formula is C13H12N2O3S. The van der Waals surface area contributed by atoms with Crippen LogP contribution in [0.3, 0.4) is 0 Å². The molecule has 0 saturated heterocycles. The first-order valence-electron chi connectivity index (χ1n) is 5.88. The fourth-order valence-electron chi connectivity index (χ4n) is 2.07. The Labute approximate surface area is 114 Å². The molecule has 1 amide bonds. The number of carbonyl (C=O) groups is 2. The molecule has 0 spiro atoms. The summed E-state index contributed by atoms with van der Waals surface area (Å²) in [6.07, 6.45) is 5.69. The van der Waals surface area contributed by atoms with E-state index < -0.39 is 11.9 Å². The predicted octanol–water partition coefficient (Wildman–Crippen LogP) is 2.08. The molecule has 1 heterocycles. The molecule has 0 aromatic carbocycles. The highest BCUT2D eigenvalue weighted by Gasteiger charge is 2.21. The number of carbonyl (C=O) groups excluding carboxylic acids is 1. The molecule has 6 heteroatoms. The second-order valence-electron chi connectivity index (χ2n) is 4.19. The van der Waals surface area contributed by atoms with Gasteiger partial charge in [-0.05, 0) is 31.2 Å². The maximum absolute atomic E-state index is 11.5. The molecule has 1 aromatic rings. The minimum atomic E-state index is -1.18. The Kier molecular flexibility index (Phi) is 3.97. The molecule has 1 aliphatic carbocycles.